The van der Waals surface area contributed by atoms with Crippen molar-refractivity contribution in [2.75, 3.05) is 7.11 Å². The fraction of sp³-hybridized carbons (Fsp3) is 0.478. The van der Waals surface area contributed by atoms with Gasteiger partial charge in [0.2, 0.25) is 0 Å². The number of benzene rings is 1. The van der Waals surface area contributed by atoms with Gasteiger partial charge >= 0.3 is 5.97 Å². The van der Waals surface area contributed by atoms with Gasteiger partial charge in [0.15, 0.2) is 17.3 Å². The highest BCUT2D eigenvalue weighted by atomic mass is 16.5. The van der Waals surface area contributed by atoms with Crippen LogP contribution in [-0.4, -0.2) is 30.1 Å². The summed E-state index contributed by atoms with van der Waals surface area (Å²) in [5, 5.41) is 13.6. The van der Waals surface area contributed by atoms with E-state index in [4.69, 9.17) is 9.47 Å². The molecule has 1 aliphatic carbocycles. The second-order valence-electron chi connectivity index (χ2n) is 8.82. The van der Waals surface area contributed by atoms with Crippen LogP contribution in [-0.2, 0) is 14.3 Å². The summed E-state index contributed by atoms with van der Waals surface area (Å²) in [7, 11) is 1.47. The first-order valence-electron chi connectivity index (χ1n) is 9.86. The Balaban J connectivity index is 2.18. The first-order chi connectivity index (χ1) is 13.5. The number of aromatic hydroxyl groups is 1. The van der Waals surface area contributed by atoms with Gasteiger partial charge < -0.3 is 19.9 Å². The molecule has 1 aromatic carbocycles. The summed E-state index contributed by atoms with van der Waals surface area (Å²) >= 11 is 0. The molecule has 1 aliphatic heterocycles. The molecule has 0 amide bonds. The van der Waals surface area contributed by atoms with Gasteiger partial charge in [0.05, 0.1) is 18.8 Å². The quantitative estimate of drug-likeness (QED) is 0.746. The number of Topliss-reactive ketones (excluding diaryl/α,β-unsaturated/α-hetero) is 1. The zero-order chi connectivity index (χ0) is 21.5. The minimum atomic E-state index is -0.599. The highest BCUT2D eigenvalue weighted by molar-refractivity contribution is 6.04. The number of methoxy groups -OCH3 is 1. The predicted octanol–water partition coefficient (Wildman–Crippen LogP) is 3.96. The van der Waals surface area contributed by atoms with Crippen molar-refractivity contribution in [3.8, 4) is 11.5 Å². The Kier molecular flexibility index (Phi) is 5.48. The Morgan fingerprint density at radius 1 is 1.28 bits per heavy atom. The molecule has 6 heteroatoms. The van der Waals surface area contributed by atoms with Crippen LogP contribution in [0.5, 0.6) is 11.5 Å². The molecular weight excluding hydrogens is 370 g/mol. The normalized spacial score (nSPS) is 21.1. The van der Waals surface area contributed by atoms with Crippen molar-refractivity contribution in [1.29, 1.82) is 0 Å². The average molecular weight is 399 g/mol. The number of hydrogen-bond acceptors (Lipinski definition) is 6. The number of carbonyl (C=O) groups excluding carboxylic acids is 2. The van der Waals surface area contributed by atoms with E-state index in [2.05, 4.69) is 19.2 Å². The predicted molar refractivity (Wildman–Crippen MR) is 110 cm³/mol. The number of nitrogens with one attached hydrogen (secondary N) is 1. The maximum Gasteiger partial charge on any atom is 0.337 e. The van der Waals surface area contributed by atoms with Gasteiger partial charge in [-0.2, -0.15) is 0 Å². The van der Waals surface area contributed by atoms with E-state index in [1.807, 2.05) is 6.92 Å². The summed E-state index contributed by atoms with van der Waals surface area (Å²) in [5.41, 5.74) is 2.97. The minimum absolute atomic E-state index is 0.00593. The Morgan fingerprint density at radius 2 is 1.97 bits per heavy atom. The monoisotopic (exact) mass is 399 g/mol. The summed E-state index contributed by atoms with van der Waals surface area (Å²) < 4.78 is 10.6. The van der Waals surface area contributed by atoms with Gasteiger partial charge in [-0.15, -0.1) is 0 Å². The van der Waals surface area contributed by atoms with Crippen LogP contribution in [0.25, 0.3) is 0 Å². The van der Waals surface area contributed by atoms with E-state index in [9.17, 15) is 14.7 Å². The average Bonchev–Trinajstić information content (AvgIpc) is 2.58. The van der Waals surface area contributed by atoms with Crippen molar-refractivity contribution in [2.24, 2.45) is 5.41 Å². The van der Waals surface area contributed by atoms with Gasteiger partial charge in [0.1, 0.15) is 0 Å². The number of esters is 1. The van der Waals surface area contributed by atoms with Gasteiger partial charge in [-0.1, -0.05) is 19.9 Å². The third kappa shape index (κ3) is 4.02. The third-order valence-corrected chi connectivity index (χ3v) is 5.34. The van der Waals surface area contributed by atoms with Gasteiger partial charge in [-0.25, -0.2) is 4.79 Å². The molecule has 0 bridgehead atoms. The number of dihydropyridines is 1. The van der Waals surface area contributed by atoms with Crippen molar-refractivity contribution < 1.29 is 24.2 Å². The second-order valence-corrected chi connectivity index (χ2v) is 8.82. The molecule has 1 heterocycles. The number of hydrogen-bond donors (Lipinski definition) is 2. The molecule has 0 saturated heterocycles. The van der Waals surface area contributed by atoms with E-state index in [1.54, 1.807) is 32.0 Å². The van der Waals surface area contributed by atoms with Crippen molar-refractivity contribution >= 4 is 11.8 Å². The Hall–Kier alpha value is -2.76. The largest absolute Gasteiger partial charge is 0.504 e. The molecule has 1 aromatic rings. The lowest BCUT2D eigenvalue weighted by atomic mass is 9.68. The number of ether oxygens (including phenoxy) is 2. The summed E-state index contributed by atoms with van der Waals surface area (Å²) in [5.74, 6) is -0.762. The molecule has 2 N–H and O–H groups in total. The van der Waals surface area contributed by atoms with E-state index < -0.39 is 11.9 Å². The fourth-order valence-electron chi connectivity index (χ4n) is 4.20. The zero-order valence-corrected chi connectivity index (χ0v) is 17.9. The minimum Gasteiger partial charge on any atom is -0.504 e. The van der Waals surface area contributed by atoms with Crippen LogP contribution in [0, 0.1) is 5.41 Å². The maximum absolute atomic E-state index is 13.2. The van der Waals surface area contributed by atoms with Crippen LogP contribution in [0.2, 0.25) is 0 Å². The van der Waals surface area contributed by atoms with Gasteiger partial charge in [0, 0.05) is 29.3 Å². The Labute approximate surface area is 171 Å². The SMILES string of the molecule is COc1ccc([C@H]2C(C(=O)OC(C)C)=C(C)NC3=C2C(=O)CC(C)(C)C3)cc1O. The summed E-state index contributed by atoms with van der Waals surface area (Å²) in [4.78, 5) is 26.2. The number of allylic oxidation sites excluding steroid dienone is 3. The van der Waals surface area contributed by atoms with Crippen molar-refractivity contribution in [1.82, 2.24) is 5.32 Å². The van der Waals surface area contributed by atoms with E-state index >= 15 is 0 Å². The maximum atomic E-state index is 13.2. The van der Waals surface area contributed by atoms with E-state index in [1.165, 1.54) is 7.11 Å². The lowest BCUT2D eigenvalue weighted by molar-refractivity contribution is -0.143. The summed E-state index contributed by atoms with van der Waals surface area (Å²) in [6.45, 7) is 9.52. The number of phenolic OH excluding ortho intramolecular Hbond substituents is 1. The van der Waals surface area contributed by atoms with Crippen LogP contribution < -0.4 is 10.1 Å². The van der Waals surface area contributed by atoms with Gasteiger partial charge in [-0.05, 0) is 50.3 Å². The van der Waals surface area contributed by atoms with E-state index in [-0.39, 0.29) is 23.1 Å². The molecule has 6 nitrogen and oxygen atoms in total. The molecule has 0 radical (unpaired) electrons. The van der Waals surface area contributed by atoms with E-state index in [0.29, 0.717) is 41.0 Å². The molecule has 3 rings (SSSR count). The first-order valence-corrected chi connectivity index (χ1v) is 9.86. The van der Waals surface area contributed by atoms with Gasteiger partial charge in [-0.3, -0.25) is 4.79 Å². The van der Waals surface area contributed by atoms with Gasteiger partial charge in [0.25, 0.3) is 0 Å². The molecule has 0 fully saturated rings. The number of ketones is 1. The van der Waals surface area contributed by atoms with Crippen molar-refractivity contribution in [3.05, 3.63) is 46.3 Å². The Bertz CT molecular complexity index is 923. The molecule has 0 aromatic heterocycles. The topological polar surface area (TPSA) is 84.9 Å². The zero-order valence-electron chi connectivity index (χ0n) is 17.9. The van der Waals surface area contributed by atoms with Crippen LogP contribution in [0.15, 0.2) is 40.7 Å². The molecule has 1 atom stereocenters. The molecule has 156 valence electrons. The molecule has 0 spiro atoms. The number of rotatable bonds is 4. The Morgan fingerprint density at radius 3 is 2.55 bits per heavy atom. The smallest absolute Gasteiger partial charge is 0.337 e. The van der Waals surface area contributed by atoms with Crippen LogP contribution in [0.1, 0.15) is 58.9 Å². The fourth-order valence-corrected chi connectivity index (χ4v) is 4.20. The highest BCUT2D eigenvalue weighted by Crippen LogP contribution is 2.47. The lowest BCUT2D eigenvalue weighted by Gasteiger charge is -2.39. The number of carbonyl (C=O) groups is 2. The number of phenols is 1. The third-order valence-electron chi connectivity index (χ3n) is 5.34. The summed E-state index contributed by atoms with van der Waals surface area (Å²) in [6.07, 6.45) is 0.818. The molecular formula is C23H29NO5. The van der Waals surface area contributed by atoms with Crippen LogP contribution >= 0.6 is 0 Å². The molecule has 0 unspecified atom stereocenters. The molecule has 2 aliphatic rings. The van der Waals surface area contributed by atoms with Crippen molar-refractivity contribution in [3.63, 3.8) is 0 Å². The molecule has 0 saturated carbocycles. The van der Waals surface area contributed by atoms with Crippen LogP contribution in [0.3, 0.4) is 0 Å². The van der Waals surface area contributed by atoms with Crippen molar-refractivity contribution in [2.45, 2.75) is 59.5 Å². The molecule has 29 heavy (non-hydrogen) atoms. The highest BCUT2D eigenvalue weighted by Gasteiger charge is 2.43. The standard InChI is InChI=1S/C23H29NO5/c1-12(2)29-22(27)19-13(3)24-15-10-23(4,5)11-17(26)21(15)20(19)14-7-8-18(28-6)16(25)9-14/h7-9,12,20,24-25H,10-11H2,1-6H3/t20-/m0/s1. The summed E-state index contributed by atoms with van der Waals surface area (Å²) in [6, 6.07) is 4.98. The van der Waals surface area contributed by atoms with Crippen LogP contribution in [0.4, 0.5) is 0 Å². The second kappa shape index (κ2) is 7.58. The first kappa shape index (κ1) is 21.0. The van der Waals surface area contributed by atoms with E-state index in [0.717, 1.165) is 5.70 Å². The lowest BCUT2D eigenvalue weighted by Crippen LogP contribution is -2.39.